The lowest BCUT2D eigenvalue weighted by Crippen LogP contribution is -2.36. The van der Waals surface area contributed by atoms with Gasteiger partial charge in [-0.1, -0.05) is 27.7 Å². The Morgan fingerprint density at radius 3 is 1.17 bits per heavy atom. The van der Waals surface area contributed by atoms with Gasteiger partial charge in [0.05, 0.1) is 0 Å². The van der Waals surface area contributed by atoms with Crippen molar-refractivity contribution in [3.63, 3.8) is 0 Å². The van der Waals surface area contributed by atoms with Crippen molar-refractivity contribution in [2.24, 2.45) is 0 Å². The van der Waals surface area contributed by atoms with Crippen molar-refractivity contribution >= 4 is 12.4 Å². The number of nitrogens with one attached hydrogen (secondary N) is 1. The van der Waals surface area contributed by atoms with E-state index in [0.29, 0.717) is 0 Å². The summed E-state index contributed by atoms with van der Waals surface area (Å²) in [5.74, 6) is 0. The minimum absolute atomic E-state index is 0. The standard InChI is InChI=1S/C10H23N.ClH/c1-5-9(6-2)11-10(7-3)8-4;/h9-11H,5-8H2,1-4H3;1H. The van der Waals surface area contributed by atoms with Crippen molar-refractivity contribution in [2.75, 3.05) is 0 Å². The molecule has 1 N–H and O–H groups in total. The number of hydrogen-bond donors (Lipinski definition) is 1. The van der Waals surface area contributed by atoms with E-state index >= 15 is 0 Å². The molecule has 0 rings (SSSR count). The Balaban J connectivity index is 0. The smallest absolute Gasteiger partial charge is 0.00643 e. The Morgan fingerprint density at radius 1 is 0.750 bits per heavy atom. The zero-order valence-corrected chi connectivity index (χ0v) is 9.71. The summed E-state index contributed by atoms with van der Waals surface area (Å²) in [5, 5.41) is 3.65. The molecule has 2 heteroatoms. The van der Waals surface area contributed by atoms with Gasteiger partial charge >= 0.3 is 0 Å². The Labute approximate surface area is 83.7 Å². The third kappa shape index (κ3) is 5.84. The molecular formula is C10H24ClN. The highest BCUT2D eigenvalue weighted by Gasteiger charge is 2.07. The van der Waals surface area contributed by atoms with Crippen LogP contribution >= 0.6 is 12.4 Å². The highest BCUT2D eigenvalue weighted by atomic mass is 35.5. The van der Waals surface area contributed by atoms with Crippen LogP contribution < -0.4 is 5.32 Å². The molecule has 0 saturated heterocycles. The zero-order valence-electron chi connectivity index (χ0n) is 8.89. The van der Waals surface area contributed by atoms with Crippen LogP contribution in [0.15, 0.2) is 0 Å². The molecule has 0 aromatic heterocycles. The highest BCUT2D eigenvalue weighted by Crippen LogP contribution is 2.03. The van der Waals surface area contributed by atoms with Crippen LogP contribution in [0.4, 0.5) is 0 Å². The lowest BCUT2D eigenvalue weighted by molar-refractivity contribution is 0.391. The molecule has 0 amide bonds. The number of rotatable bonds is 6. The summed E-state index contributed by atoms with van der Waals surface area (Å²) in [6, 6.07) is 1.47. The van der Waals surface area contributed by atoms with Crippen molar-refractivity contribution in [3.8, 4) is 0 Å². The van der Waals surface area contributed by atoms with E-state index in [1.165, 1.54) is 25.7 Å². The van der Waals surface area contributed by atoms with Gasteiger partial charge in [0.15, 0.2) is 0 Å². The molecule has 0 atom stereocenters. The summed E-state index contributed by atoms with van der Waals surface area (Å²) < 4.78 is 0. The van der Waals surface area contributed by atoms with E-state index in [1.807, 2.05) is 0 Å². The second kappa shape index (κ2) is 9.34. The summed E-state index contributed by atoms with van der Waals surface area (Å²) in [6.45, 7) is 9.01. The molecule has 12 heavy (non-hydrogen) atoms. The second-order valence-corrected chi connectivity index (χ2v) is 3.19. The number of hydrogen-bond acceptors (Lipinski definition) is 1. The van der Waals surface area contributed by atoms with Gasteiger partial charge in [0.25, 0.3) is 0 Å². The Bertz CT molecular complexity index is 67.9. The fraction of sp³-hybridized carbons (Fsp3) is 1.00. The molecule has 0 radical (unpaired) electrons. The minimum atomic E-state index is 0. The van der Waals surface area contributed by atoms with E-state index in [1.54, 1.807) is 0 Å². The predicted molar refractivity (Wildman–Crippen MR) is 59.1 cm³/mol. The first-order chi connectivity index (χ1) is 5.28. The van der Waals surface area contributed by atoms with Crippen LogP contribution in [0.2, 0.25) is 0 Å². The zero-order chi connectivity index (χ0) is 8.69. The predicted octanol–water partition coefficient (Wildman–Crippen LogP) is 3.38. The maximum Gasteiger partial charge on any atom is 0.00643 e. The molecule has 0 bridgehead atoms. The van der Waals surface area contributed by atoms with Gasteiger partial charge in [-0.2, -0.15) is 0 Å². The lowest BCUT2D eigenvalue weighted by Gasteiger charge is -2.21. The van der Waals surface area contributed by atoms with E-state index in [0.717, 1.165) is 12.1 Å². The van der Waals surface area contributed by atoms with Gasteiger partial charge in [-0.3, -0.25) is 0 Å². The van der Waals surface area contributed by atoms with E-state index in [2.05, 4.69) is 33.0 Å². The molecule has 1 nitrogen and oxygen atoms in total. The average Bonchev–Trinajstić information content (AvgIpc) is 2.07. The van der Waals surface area contributed by atoms with Gasteiger partial charge in [0.1, 0.15) is 0 Å². The molecule has 0 aliphatic carbocycles. The van der Waals surface area contributed by atoms with Crippen molar-refractivity contribution < 1.29 is 0 Å². The van der Waals surface area contributed by atoms with Gasteiger partial charge in [-0.15, -0.1) is 12.4 Å². The fourth-order valence-corrected chi connectivity index (χ4v) is 1.38. The summed E-state index contributed by atoms with van der Waals surface area (Å²) in [7, 11) is 0. The van der Waals surface area contributed by atoms with Gasteiger partial charge in [0, 0.05) is 12.1 Å². The first-order valence-corrected chi connectivity index (χ1v) is 5.04. The van der Waals surface area contributed by atoms with Gasteiger partial charge < -0.3 is 5.32 Å². The van der Waals surface area contributed by atoms with Gasteiger partial charge in [-0.05, 0) is 25.7 Å². The molecule has 0 fully saturated rings. The highest BCUT2D eigenvalue weighted by molar-refractivity contribution is 5.85. The summed E-state index contributed by atoms with van der Waals surface area (Å²) in [6.07, 6.45) is 5.03. The summed E-state index contributed by atoms with van der Waals surface area (Å²) in [5.41, 5.74) is 0. The van der Waals surface area contributed by atoms with Crippen LogP contribution in [0.3, 0.4) is 0 Å². The second-order valence-electron chi connectivity index (χ2n) is 3.19. The summed E-state index contributed by atoms with van der Waals surface area (Å²) in [4.78, 5) is 0. The molecule has 0 unspecified atom stereocenters. The fourth-order valence-electron chi connectivity index (χ4n) is 1.38. The molecule has 0 heterocycles. The Kier molecular flexibility index (Phi) is 11.5. The van der Waals surface area contributed by atoms with Crippen LogP contribution in [-0.4, -0.2) is 12.1 Å². The number of halogens is 1. The van der Waals surface area contributed by atoms with E-state index in [-0.39, 0.29) is 12.4 Å². The Hall–Kier alpha value is 0.250. The monoisotopic (exact) mass is 193 g/mol. The molecule has 0 saturated carbocycles. The molecule has 0 aliphatic rings. The quantitative estimate of drug-likeness (QED) is 0.682. The minimum Gasteiger partial charge on any atom is -0.311 e. The molecular weight excluding hydrogens is 170 g/mol. The molecule has 76 valence electrons. The summed E-state index contributed by atoms with van der Waals surface area (Å²) >= 11 is 0. The first kappa shape index (κ1) is 14.8. The van der Waals surface area contributed by atoms with Crippen molar-refractivity contribution in [1.29, 1.82) is 0 Å². The van der Waals surface area contributed by atoms with Gasteiger partial charge in [0.2, 0.25) is 0 Å². The van der Waals surface area contributed by atoms with Crippen LogP contribution in [0.5, 0.6) is 0 Å². The maximum atomic E-state index is 3.65. The van der Waals surface area contributed by atoms with Crippen LogP contribution in [0.25, 0.3) is 0 Å². The Morgan fingerprint density at radius 2 is 1.00 bits per heavy atom. The maximum absolute atomic E-state index is 3.65. The normalized spacial score (nSPS) is 10.5. The largest absolute Gasteiger partial charge is 0.311 e. The van der Waals surface area contributed by atoms with Crippen LogP contribution in [0.1, 0.15) is 53.4 Å². The third-order valence-electron chi connectivity index (χ3n) is 2.44. The van der Waals surface area contributed by atoms with Crippen molar-refractivity contribution in [2.45, 2.75) is 65.5 Å². The molecule has 0 spiro atoms. The van der Waals surface area contributed by atoms with Crippen LogP contribution in [0, 0.1) is 0 Å². The lowest BCUT2D eigenvalue weighted by atomic mass is 10.1. The topological polar surface area (TPSA) is 12.0 Å². The van der Waals surface area contributed by atoms with Crippen molar-refractivity contribution in [1.82, 2.24) is 5.32 Å². The SMILES string of the molecule is CCC(CC)NC(CC)CC.Cl. The molecule has 0 aliphatic heterocycles. The van der Waals surface area contributed by atoms with Crippen molar-refractivity contribution in [3.05, 3.63) is 0 Å². The first-order valence-electron chi connectivity index (χ1n) is 5.04. The van der Waals surface area contributed by atoms with E-state index in [4.69, 9.17) is 0 Å². The molecule has 0 aromatic carbocycles. The van der Waals surface area contributed by atoms with E-state index in [9.17, 15) is 0 Å². The molecule has 0 aromatic rings. The van der Waals surface area contributed by atoms with E-state index < -0.39 is 0 Å². The van der Waals surface area contributed by atoms with Crippen LogP contribution in [-0.2, 0) is 0 Å². The average molecular weight is 194 g/mol. The third-order valence-corrected chi connectivity index (χ3v) is 2.44. The van der Waals surface area contributed by atoms with Gasteiger partial charge in [-0.25, -0.2) is 0 Å².